The number of Topliss-reactive ketones (excluding diaryl/α,β-unsaturated/α-hetero) is 1. The molecule has 0 radical (unpaired) electrons. The number of ketones is 1. The van der Waals surface area contributed by atoms with Crippen LogP contribution in [0.2, 0.25) is 5.02 Å². The average molecular weight is 225 g/mol. The number of hydrogen-bond acceptors (Lipinski definition) is 1. The lowest BCUT2D eigenvalue weighted by molar-refractivity contribution is 0.0975. The fraction of sp³-hybridized carbons (Fsp3) is 0.462. The zero-order valence-electron chi connectivity index (χ0n) is 9.51. The summed E-state index contributed by atoms with van der Waals surface area (Å²) in [5.41, 5.74) is 1.77. The maximum Gasteiger partial charge on any atom is 0.162 e. The summed E-state index contributed by atoms with van der Waals surface area (Å²) in [6, 6.07) is 5.51. The standard InChI is InChI=1S/C13H17ClO/c1-9(2)4-5-13(15)11-6-10(3)7-12(14)8-11/h6-9H,4-5H2,1-3H3. The SMILES string of the molecule is Cc1cc(Cl)cc(C(=O)CCC(C)C)c1. The Morgan fingerprint density at radius 1 is 1.33 bits per heavy atom. The molecule has 15 heavy (non-hydrogen) atoms. The summed E-state index contributed by atoms with van der Waals surface area (Å²) in [4.78, 5) is 11.8. The molecule has 1 aromatic rings. The Hall–Kier alpha value is -0.820. The third-order valence-corrected chi connectivity index (χ3v) is 2.53. The molecule has 2 heteroatoms. The first-order valence-corrected chi connectivity index (χ1v) is 5.67. The van der Waals surface area contributed by atoms with Crippen molar-refractivity contribution < 1.29 is 4.79 Å². The van der Waals surface area contributed by atoms with E-state index in [1.165, 1.54) is 0 Å². The molecule has 0 amide bonds. The summed E-state index contributed by atoms with van der Waals surface area (Å²) in [5, 5.41) is 0.642. The van der Waals surface area contributed by atoms with E-state index < -0.39 is 0 Å². The quantitative estimate of drug-likeness (QED) is 0.699. The molecular formula is C13H17ClO. The molecule has 0 aromatic heterocycles. The number of benzene rings is 1. The van der Waals surface area contributed by atoms with Crippen molar-refractivity contribution in [1.82, 2.24) is 0 Å². The first-order valence-electron chi connectivity index (χ1n) is 5.29. The van der Waals surface area contributed by atoms with Crippen molar-refractivity contribution in [1.29, 1.82) is 0 Å². The van der Waals surface area contributed by atoms with E-state index in [4.69, 9.17) is 11.6 Å². The van der Waals surface area contributed by atoms with Crippen LogP contribution in [0.15, 0.2) is 18.2 Å². The maximum atomic E-state index is 11.8. The Kier molecular flexibility index (Phi) is 4.34. The molecule has 0 bridgehead atoms. The molecule has 0 aliphatic heterocycles. The molecule has 82 valence electrons. The Morgan fingerprint density at radius 2 is 2.00 bits per heavy atom. The lowest BCUT2D eigenvalue weighted by atomic mass is 10.0. The minimum Gasteiger partial charge on any atom is -0.294 e. The Balaban J connectivity index is 2.73. The predicted octanol–water partition coefficient (Wildman–Crippen LogP) is 4.27. The van der Waals surface area contributed by atoms with Crippen LogP contribution in [0.3, 0.4) is 0 Å². The van der Waals surface area contributed by atoms with Gasteiger partial charge in [0.05, 0.1) is 0 Å². The minimum atomic E-state index is 0.189. The van der Waals surface area contributed by atoms with Gasteiger partial charge in [0, 0.05) is 17.0 Å². The van der Waals surface area contributed by atoms with Crippen LogP contribution in [-0.4, -0.2) is 5.78 Å². The van der Waals surface area contributed by atoms with Gasteiger partial charge in [0.15, 0.2) is 5.78 Å². The van der Waals surface area contributed by atoms with Crippen LogP contribution in [0.5, 0.6) is 0 Å². The summed E-state index contributed by atoms with van der Waals surface area (Å²) in [7, 11) is 0. The highest BCUT2D eigenvalue weighted by Gasteiger charge is 2.08. The Labute approximate surface area is 96.5 Å². The van der Waals surface area contributed by atoms with Gasteiger partial charge in [-0.1, -0.05) is 25.4 Å². The molecule has 0 unspecified atom stereocenters. The Bertz CT molecular complexity index is 335. The third-order valence-electron chi connectivity index (χ3n) is 2.31. The van der Waals surface area contributed by atoms with Crippen molar-refractivity contribution >= 4 is 17.4 Å². The fourth-order valence-corrected chi connectivity index (χ4v) is 1.75. The van der Waals surface area contributed by atoms with Gasteiger partial charge in [-0.2, -0.15) is 0 Å². The second kappa shape index (κ2) is 5.32. The van der Waals surface area contributed by atoms with E-state index in [9.17, 15) is 4.79 Å². The van der Waals surface area contributed by atoms with E-state index in [0.29, 0.717) is 17.4 Å². The normalized spacial score (nSPS) is 10.7. The summed E-state index contributed by atoms with van der Waals surface area (Å²) in [6.45, 7) is 6.19. The molecular weight excluding hydrogens is 208 g/mol. The van der Waals surface area contributed by atoms with Gasteiger partial charge in [-0.25, -0.2) is 0 Å². The molecule has 0 atom stereocenters. The van der Waals surface area contributed by atoms with E-state index in [-0.39, 0.29) is 5.78 Å². The van der Waals surface area contributed by atoms with Crippen LogP contribution in [0.1, 0.15) is 42.6 Å². The molecule has 1 aromatic carbocycles. The highest BCUT2D eigenvalue weighted by atomic mass is 35.5. The van der Waals surface area contributed by atoms with Crippen LogP contribution in [0.4, 0.5) is 0 Å². The van der Waals surface area contributed by atoms with Crippen molar-refractivity contribution in [3.05, 3.63) is 34.3 Å². The van der Waals surface area contributed by atoms with E-state index >= 15 is 0 Å². The van der Waals surface area contributed by atoms with Crippen molar-refractivity contribution in [2.75, 3.05) is 0 Å². The van der Waals surface area contributed by atoms with E-state index in [1.807, 2.05) is 19.1 Å². The fourth-order valence-electron chi connectivity index (χ4n) is 1.46. The van der Waals surface area contributed by atoms with Gasteiger partial charge in [0.2, 0.25) is 0 Å². The van der Waals surface area contributed by atoms with Crippen molar-refractivity contribution in [2.24, 2.45) is 5.92 Å². The maximum absolute atomic E-state index is 11.8. The molecule has 0 fully saturated rings. The molecule has 0 saturated carbocycles. The van der Waals surface area contributed by atoms with Crippen molar-refractivity contribution in [3.63, 3.8) is 0 Å². The van der Waals surface area contributed by atoms with E-state index in [2.05, 4.69) is 13.8 Å². The Morgan fingerprint density at radius 3 is 2.53 bits per heavy atom. The number of halogens is 1. The first-order chi connectivity index (χ1) is 6.99. The average Bonchev–Trinajstić information content (AvgIpc) is 2.12. The number of carbonyl (C=O) groups is 1. The zero-order chi connectivity index (χ0) is 11.4. The van der Waals surface area contributed by atoms with E-state index in [1.54, 1.807) is 6.07 Å². The number of carbonyl (C=O) groups excluding carboxylic acids is 1. The smallest absolute Gasteiger partial charge is 0.162 e. The molecule has 0 saturated heterocycles. The first kappa shape index (κ1) is 12.3. The van der Waals surface area contributed by atoms with Gasteiger partial charge in [-0.3, -0.25) is 4.79 Å². The lowest BCUT2D eigenvalue weighted by Gasteiger charge is -2.05. The van der Waals surface area contributed by atoms with Gasteiger partial charge >= 0.3 is 0 Å². The number of rotatable bonds is 4. The monoisotopic (exact) mass is 224 g/mol. The van der Waals surface area contributed by atoms with Crippen LogP contribution in [-0.2, 0) is 0 Å². The zero-order valence-corrected chi connectivity index (χ0v) is 10.3. The lowest BCUT2D eigenvalue weighted by Crippen LogP contribution is -2.01. The summed E-state index contributed by atoms with van der Waals surface area (Å²) < 4.78 is 0. The van der Waals surface area contributed by atoms with Crippen LogP contribution < -0.4 is 0 Å². The predicted molar refractivity (Wildman–Crippen MR) is 64.6 cm³/mol. The number of aryl methyl sites for hydroxylation is 1. The van der Waals surface area contributed by atoms with Gasteiger partial charge in [-0.05, 0) is 43.0 Å². The van der Waals surface area contributed by atoms with Crippen LogP contribution >= 0.6 is 11.6 Å². The third kappa shape index (κ3) is 4.05. The van der Waals surface area contributed by atoms with Gasteiger partial charge in [0.1, 0.15) is 0 Å². The van der Waals surface area contributed by atoms with Gasteiger partial charge in [0.25, 0.3) is 0 Å². The largest absolute Gasteiger partial charge is 0.294 e. The summed E-state index contributed by atoms with van der Waals surface area (Å²) in [6.07, 6.45) is 1.54. The second-order valence-corrected chi connectivity index (χ2v) is 4.81. The summed E-state index contributed by atoms with van der Waals surface area (Å²) >= 11 is 5.90. The molecule has 0 N–H and O–H groups in total. The van der Waals surface area contributed by atoms with Gasteiger partial charge < -0.3 is 0 Å². The minimum absolute atomic E-state index is 0.189. The highest BCUT2D eigenvalue weighted by molar-refractivity contribution is 6.31. The van der Waals surface area contributed by atoms with Crippen LogP contribution in [0.25, 0.3) is 0 Å². The highest BCUT2D eigenvalue weighted by Crippen LogP contribution is 2.17. The van der Waals surface area contributed by atoms with Crippen molar-refractivity contribution in [2.45, 2.75) is 33.6 Å². The molecule has 0 aliphatic rings. The molecule has 1 nitrogen and oxygen atoms in total. The van der Waals surface area contributed by atoms with Crippen LogP contribution in [0, 0.1) is 12.8 Å². The molecule has 1 rings (SSSR count). The molecule has 0 aliphatic carbocycles. The topological polar surface area (TPSA) is 17.1 Å². The number of hydrogen-bond donors (Lipinski definition) is 0. The molecule has 0 heterocycles. The summed E-state index contributed by atoms with van der Waals surface area (Å²) in [5.74, 6) is 0.753. The van der Waals surface area contributed by atoms with E-state index in [0.717, 1.165) is 17.5 Å². The van der Waals surface area contributed by atoms with Crippen molar-refractivity contribution in [3.8, 4) is 0 Å². The van der Waals surface area contributed by atoms with Gasteiger partial charge in [-0.15, -0.1) is 0 Å². The molecule has 0 spiro atoms. The second-order valence-electron chi connectivity index (χ2n) is 4.37.